The number of nitrogens with zero attached hydrogens (tertiary/aromatic N) is 7. The first-order chi connectivity index (χ1) is 22.0. The van der Waals surface area contributed by atoms with Gasteiger partial charge in [-0.2, -0.15) is 14.5 Å². The van der Waals surface area contributed by atoms with Crippen LogP contribution in [0.3, 0.4) is 0 Å². The highest BCUT2D eigenvalue weighted by molar-refractivity contribution is 6.32. The number of H-pyrrole nitrogens is 1. The van der Waals surface area contributed by atoms with E-state index in [4.69, 9.17) is 17.3 Å². The number of rotatable bonds is 4. The van der Waals surface area contributed by atoms with E-state index in [1.165, 1.54) is 11.1 Å². The SMILES string of the molecule is CC1CCCN(c2ncc(Cl)c(Nc3ccc4c(c3)CC(=O)N4C)n2)C1.Cn1nc(-n2cc(F)c(=O)[nH]c2=O)c2ccc(N)cc21. The van der Waals surface area contributed by atoms with Crippen LogP contribution in [0, 0.1) is 11.7 Å². The Morgan fingerprint density at radius 2 is 1.93 bits per heavy atom. The van der Waals surface area contributed by atoms with E-state index in [-0.39, 0.29) is 11.7 Å². The highest BCUT2D eigenvalue weighted by atomic mass is 35.5. The number of carbonyl (C=O) groups is 1. The van der Waals surface area contributed by atoms with Gasteiger partial charge >= 0.3 is 5.69 Å². The molecule has 2 aliphatic rings. The number of aromatic amines is 1. The molecule has 5 heterocycles. The fraction of sp³-hybridized carbons (Fsp3) is 0.290. The summed E-state index contributed by atoms with van der Waals surface area (Å²) in [5.74, 6) is 1.22. The standard InChI is InChI=1S/C19H22ClN5O.C12H10FN5O2/c1-12-4-3-7-25(11-12)19-21-10-15(20)18(23-19)22-14-5-6-16-13(8-14)9-17(26)24(16)2;1-17-9-4-6(14)2-3-7(9)10(16-17)18-5-8(13)11(19)15-12(18)20/h5-6,8,10,12H,3-4,7,9,11H2,1-2H3,(H,21,22,23);2-5H,14H2,1H3,(H,15,19,20). The molecule has 1 fully saturated rings. The molecule has 0 radical (unpaired) electrons. The summed E-state index contributed by atoms with van der Waals surface area (Å²) in [5, 5.41) is 8.55. The molecule has 238 valence electrons. The van der Waals surface area contributed by atoms with Crippen LogP contribution in [-0.2, 0) is 18.3 Å². The first-order valence-electron chi connectivity index (χ1n) is 14.7. The number of nitrogen functional groups attached to an aromatic ring is 1. The van der Waals surface area contributed by atoms with E-state index in [0.29, 0.717) is 45.7 Å². The van der Waals surface area contributed by atoms with Gasteiger partial charge in [-0.1, -0.05) is 18.5 Å². The minimum Gasteiger partial charge on any atom is -0.399 e. The molecule has 2 aromatic carbocycles. The van der Waals surface area contributed by atoms with E-state index in [0.717, 1.165) is 47.2 Å². The molecule has 0 spiro atoms. The normalized spacial score (nSPS) is 15.9. The monoisotopic (exact) mass is 646 g/mol. The van der Waals surface area contributed by atoms with Gasteiger partial charge < -0.3 is 20.9 Å². The van der Waals surface area contributed by atoms with Gasteiger partial charge in [0.2, 0.25) is 17.7 Å². The number of amides is 1. The molecule has 7 rings (SSSR count). The first-order valence-corrected chi connectivity index (χ1v) is 15.0. The maximum absolute atomic E-state index is 13.4. The van der Waals surface area contributed by atoms with Crippen molar-refractivity contribution < 1.29 is 9.18 Å². The molecule has 5 aromatic rings. The zero-order valence-electron chi connectivity index (χ0n) is 25.4. The minimum atomic E-state index is -1.06. The fourth-order valence-electron chi connectivity index (χ4n) is 5.69. The first kappa shape index (κ1) is 30.8. The lowest BCUT2D eigenvalue weighted by Crippen LogP contribution is -2.35. The number of anilines is 5. The average Bonchev–Trinajstić information content (AvgIpc) is 3.50. The van der Waals surface area contributed by atoms with E-state index < -0.39 is 17.1 Å². The number of aryl methyl sites for hydroxylation is 1. The van der Waals surface area contributed by atoms with Crippen molar-refractivity contribution in [2.75, 3.05) is 41.0 Å². The molecule has 0 aliphatic carbocycles. The number of carbonyl (C=O) groups excluding carboxylic acids is 1. The van der Waals surface area contributed by atoms with Gasteiger partial charge in [0, 0.05) is 49.6 Å². The van der Waals surface area contributed by atoms with E-state index >= 15 is 0 Å². The Labute approximate surface area is 267 Å². The van der Waals surface area contributed by atoms with Gasteiger partial charge in [-0.25, -0.2) is 14.3 Å². The van der Waals surface area contributed by atoms with Crippen LogP contribution in [-0.4, -0.2) is 55.3 Å². The zero-order chi connectivity index (χ0) is 32.7. The van der Waals surface area contributed by atoms with Crippen LogP contribution in [0.1, 0.15) is 25.3 Å². The number of nitrogens with two attached hydrogens (primary N) is 1. The highest BCUT2D eigenvalue weighted by Gasteiger charge is 2.24. The number of halogens is 2. The maximum Gasteiger partial charge on any atom is 0.334 e. The number of hydrogen-bond acceptors (Lipinski definition) is 9. The molecule has 1 saturated heterocycles. The summed E-state index contributed by atoms with van der Waals surface area (Å²) in [7, 11) is 3.48. The van der Waals surface area contributed by atoms with Crippen molar-refractivity contribution in [2.24, 2.45) is 13.0 Å². The molecule has 15 heteroatoms. The molecule has 3 aromatic heterocycles. The van der Waals surface area contributed by atoms with Crippen LogP contribution in [0.25, 0.3) is 16.7 Å². The molecule has 0 bridgehead atoms. The van der Waals surface area contributed by atoms with Gasteiger partial charge in [-0.05, 0) is 60.7 Å². The predicted molar refractivity (Wildman–Crippen MR) is 176 cm³/mol. The highest BCUT2D eigenvalue weighted by Crippen LogP contribution is 2.32. The number of nitrogens with one attached hydrogen (secondary N) is 2. The smallest absolute Gasteiger partial charge is 0.334 e. The Balaban J connectivity index is 0.000000167. The summed E-state index contributed by atoms with van der Waals surface area (Å²) in [6.45, 7) is 4.19. The largest absolute Gasteiger partial charge is 0.399 e. The summed E-state index contributed by atoms with van der Waals surface area (Å²) >= 11 is 6.31. The summed E-state index contributed by atoms with van der Waals surface area (Å²) in [4.78, 5) is 49.5. The number of likely N-dealkylation sites (N-methyl/N-ethyl adjacent to an activating group) is 1. The van der Waals surface area contributed by atoms with Crippen molar-refractivity contribution in [3.05, 3.63) is 86.0 Å². The van der Waals surface area contributed by atoms with E-state index in [1.807, 2.05) is 23.2 Å². The van der Waals surface area contributed by atoms with Crippen LogP contribution < -0.4 is 32.1 Å². The van der Waals surface area contributed by atoms with Crippen molar-refractivity contribution in [1.29, 1.82) is 0 Å². The Morgan fingerprint density at radius 1 is 1.13 bits per heavy atom. The topological polar surface area (TPSA) is 160 Å². The zero-order valence-corrected chi connectivity index (χ0v) is 26.2. The maximum atomic E-state index is 13.4. The third kappa shape index (κ3) is 6.03. The molecule has 4 N–H and O–H groups in total. The van der Waals surface area contributed by atoms with Crippen molar-refractivity contribution in [3.63, 3.8) is 0 Å². The van der Waals surface area contributed by atoms with Gasteiger partial charge in [0.15, 0.2) is 11.6 Å². The lowest BCUT2D eigenvalue weighted by atomic mass is 10.0. The molecule has 0 saturated carbocycles. The molecule has 1 atom stereocenters. The van der Waals surface area contributed by atoms with Gasteiger partial charge in [0.05, 0.1) is 24.3 Å². The average molecular weight is 647 g/mol. The Bertz CT molecular complexity index is 2090. The minimum absolute atomic E-state index is 0.110. The van der Waals surface area contributed by atoms with Crippen LogP contribution in [0.15, 0.2) is 58.4 Å². The molecular weight excluding hydrogens is 615 g/mol. The molecule has 1 amide bonds. The number of aromatic nitrogens is 6. The Morgan fingerprint density at radius 3 is 2.72 bits per heavy atom. The van der Waals surface area contributed by atoms with E-state index in [1.54, 1.807) is 43.4 Å². The molecule has 13 nitrogen and oxygen atoms in total. The number of fused-ring (bicyclic) bond motifs is 2. The van der Waals surface area contributed by atoms with Gasteiger partial charge in [-0.3, -0.25) is 19.3 Å². The third-order valence-corrected chi connectivity index (χ3v) is 8.35. The number of benzene rings is 2. The van der Waals surface area contributed by atoms with Crippen LogP contribution in [0.2, 0.25) is 5.02 Å². The number of piperidine rings is 1. The van der Waals surface area contributed by atoms with Crippen LogP contribution >= 0.6 is 11.6 Å². The van der Waals surface area contributed by atoms with E-state index in [9.17, 15) is 18.8 Å². The predicted octanol–water partition coefficient (Wildman–Crippen LogP) is 3.76. The molecular formula is C31H32ClFN10O3. The molecule has 46 heavy (non-hydrogen) atoms. The van der Waals surface area contributed by atoms with Gasteiger partial charge in [0.25, 0.3) is 5.56 Å². The quantitative estimate of drug-likeness (QED) is 0.247. The van der Waals surface area contributed by atoms with Crippen molar-refractivity contribution in [3.8, 4) is 5.82 Å². The Kier molecular flexibility index (Phi) is 8.21. The fourth-order valence-corrected chi connectivity index (χ4v) is 5.83. The second-order valence-corrected chi connectivity index (χ2v) is 11.9. The summed E-state index contributed by atoms with van der Waals surface area (Å²) in [6, 6.07) is 10.9. The van der Waals surface area contributed by atoms with Crippen molar-refractivity contribution >= 4 is 57.2 Å². The van der Waals surface area contributed by atoms with Crippen LogP contribution in [0.5, 0.6) is 0 Å². The molecule has 2 aliphatic heterocycles. The summed E-state index contributed by atoms with van der Waals surface area (Å²) < 4.78 is 15.8. The number of hydrogen-bond donors (Lipinski definition) is 3. The summed E-state index contributed by atoms with van der Waals surface area (Å²) in [6.07, 6.45) is 5.30. The Hall–Kier alpha value is -5.24. The van der Waals surface area contributed by atoms with Crippen molar-refractivity contribution in [2.45, 2.75) is 26.2 Å². The second-order valence-electron chi connectivity index (χ2n) is 11.5. The third-order valence-electron chi connectivity index (χ3n) is 8.07. The lowest BCUT2D eigenvalue weighted by molar-refractivity contribution is -0.117. The molecule has 1 unspecified atom stereocenters. The van der Waals surface area contributed by atoms with Gasteiger partial charge in [0.1, 0.15) is 5.02 Å². The second kappa shape index (κ2) is 12.3. The summed E-state index contributed by atoms with van der Waals surface area (Å²) in [5.41, 5.74) is 7.96. The van der Waals surface area contributed by atoms with Crippen molar-refractivity contribution in [1.82, 2.24) is 29.3 Å². The lowest BCUT2D eigenvalue weighted by Gasteiger charge is -2.31. The van der Waals surface area contributed by atoms with Crippen LogP contribution in [0.4, 0.5) is 33.2 Å². The van der Waals surface area contributed by atoms with Gasteiger partial charge in [-0.15, -0.1) is 0 Å². The van der Waals surface area contributed by atoms with E-state index in [2.05, 4.69) is 32.2 Å².